The highest BCUT2D eigenvalue weighted by molar-refractivity contribution is 5.94. The number of hydrogen-bond acceptors (Lipinski definition) is 6. The van der Waals surface area contributed by atoms with Crippen LogP contribution in [0.1, 0.15) is 23.7 Å². The highest BCUT2D eigenvalue weighted by Crippen LogP contribution is 2.29. The molecule has 0 aliphatic heterocycles. The van der Waals surface area contributed by atoms with E-state index < -0.39 is 16.8 Å². The average Bonchev–Trinajstić information content (AvgIpc) is 2.45. The summed E-state index contributed by atoms with van der Waals surface area (Å²) in [7, 11) is 1.25. The van der Waals surface area contributed by atoms with Crippen molar-refractivity contribution in [3.63, 3.8) is 0 Å². The largest absolute Gasteiger partial charge is 0.468 e. The third kappa shape index (κ3) is 4.16. The summed E-state index contributed by atoms with van der Waals surface area (Å²) in [4.78, 5) is 34.6. The van der Waals surface area contributed by atoms with Crippen LogP contribution in [0.15, 0.2) is 18.2 Å². The lowest BCUT2D eigenvalue weighted by Crippen LogP contribution is -2.31. The van der Waals surface area contributed by atoms with Crippen LogP contribution in [0.5, 0.6) is 0 Å². The Hall–Kier alpha value is -2.64. The normalized spacial score (nSPS) is 10.0. The van der Waals surface area contributed by atoms with E-state index in [1.165, 1.54) is 24.1 Å². The smallest absolute Gasteiger partial charge is 0.325 e. The summed E-state index contributed by atoms with van der Waals surface area (Å²) in [6.07, 6.45) is 0.686. The van der Waals surface area contributed by atoms with Gasteiger partial charge < -0.3 is 15.4 Å². The van der Waals surface area contributed by atoms with Gasteiger partial charge in [-0.05, 0) is 18.6 Å². The van der Waals surface area contributed by atoms with Crippen molar-refractivity contribution in [3.8, 4) is 0 Å². The Morgan fingerprint density at radius 2 is 2.10 bits per heavy atom. The number of anilines is 1. The molecule has 0 saturated heterocycles. The van der Waals surface area contributed by atoms with Crippen LogP contribution in [-0.2, 0) is 9.53 Å². The lowest BCUT2D eigenvalue weighted by atomic mass is 10.1. The van der Waals surface area contributed by atoms with E-state index >= 15 is 0 Å². The number of nitro groups is 1. The number of hydrogen-bond donors (Lipinski definition) is 1. The molecular formula is C13H17N3O5. The zero-order chi connectivity index (χ0) is 16.0. The molecule has 8 heteroatoms. The first-order valence-electron chi connectivity index (χ1n) is 6.30. The number of nitrogens with zero attached hydrogens (tertiary/aromatic N) is 2. The maximum absolute atomic E-state index is 11.4. The third-order valence-electron chi connectivity index (χ3n) is 2.84. The van der Waals surface area contributed by atoms with E-state index in [9.17, 15) is 19.7 Å². The van der Waals surface area contributed by atoms with Crippen LogP contribution in [0.25, 0.3) is 0 Å². The summed E-state index contributed by atoms with van der Waals surface area (Å²) in [6.45, 7) is 2.21. The van der Waals surface area contributed by atoms with Gasteiger partial charge in [-0.1, -0.05) is 6.92 Å². The van der Waals surface area contributed by atoms with Gasteiger partial charge in [0.1, 0.15) is 12.2 Å². The van der Waals surface area contributed by atoms with Gasteiger partial charge >= 0.3 is 5.97 Å². The number of carbonyl (C=O) groups excluding carboxylic acids is 2. The Balaban J connectivity index is 3.26. The van der Waals surface area contributed by atoms with E-state index in [1.54, 1.807) is 0 Å². The number of rotatable bonds is 7. The molecule has 114 valence electrons. The van der Waals surface area contributed by atoms with E-state index in [1.807, 2.05) is 6.92 Å². The number of amides is 1. The standard InChI is InChI=1S/C13H17N3O5/c1-3-6-15(8-12(17)21-2)10-5-4-9(13(14)18)7-11(10)16(19)20/h4-5,7H,3,6,8H2,1-2H3,(H2,14,18). The Bertz CT molecular complexity index is 559. The minimum atomic E-state index is -0.750. The number of methoxy groups -OCH3 is 1. The number of nitrogens with two attached hydrogens (primary N) is 1. The van der Waals surface area contributed by atoms with Gasteiger partial charge in [-0.3, -0.25) is 19.7 Å². The van der Waals surface area contributed by atoms with E-state index in [0.717, 1.165) is 6.07 Å². The molecule has 0 atom stereocenters. The van der Waals surface area contributed by atoms with E-state index in [4.69, 9.17) is 5.73 Å². The Kier molecular flexibility index (Phi) is 5.65. The van der Waals surface area contributed by atoms with Crippen molar-refractivity contribution in [3.05, 3.63) is 33.9 Å². The molecule has 8 nitrogen and oxygen atoms in total. The highest BCUT2D eigenvalue weighted by atomic mass is 16.6. The Morgan fingerprint density at radius 1 is 1.43 bits per heavy atom. The zero-order valence-electron chi connectivity index (χ0n) is 11.9. The van der Waals surface area contributed by atoms with Crippen molar-refractivity contribution in [2.75, 3.05) is 25.1 Å². The molecule has 1 rings (SSSR count). The van der Waals surface area contributed by atoms with Crippen LogP contribution in [0.4, 0.5) is 11.4 Å². The minimum Gasteiger partial charge on any atom is -0.468 e. The SMILES string of the molecule is CCCN(CC(=O)OC)c1ccc(C(N)=O)cc1[N+](=O)[O-]. The van der Waals surface area contributed by atoms with Gasteiger partial charge in [0.05, 0.1) is 12.0 Å². The molecule has 1 aromatic rings. The lowest BCUT2D eigenvalue weighted by Gasteiger charge is -2.22. The fraction of sp³-hybridized carbons (Fsp3) is 0.385. The molecular weight excluding hydrogens is 278 g/mol. The van der Waals surface area contributed by atoms with Gasteiger partial charge in [0.15, 0.2) is 0 Å². The number of benzene rings is 1. The van der Waals surface area contributed by atoms with Crippen LogP contribution in [0, 0.1) is 10.1 Å². The van der Waals surface area contributed by atoms with Gasteiger partial charge in [-0.2, -0.15) is 0 Å². The maximum atomic E-state index is 11.4. The van der Waals surface area contributed by atoms with Crippen molar-refractivity contribution < 1.29 is 19.2 Å². The molecule has 0 fully saturated rings. The molecule has 0 radical (unpaired) electrons. The number of nitro benzene ring substituents is 1. The molecule has 1 amide bonds. The first-order valence-corrected chi connectivity index (χ1v) is 6.30. The Morgan fingerprint density at radius 3 is 2.57 bits per heavy atom. The van der Waals surface area contributed by atoms with Gasteiger partial charge in [0.25, 0.3) is 5.69 Å². The van der Waals surface area contributed by atoms with Crippen molar-refractivity contribution in [1.29, 1.82) is 0 Å². The molecule has 0 saturated carbocycles. The zero-order valence-corrected chi connectivity index (χ0v) is 11.9. The molecule has 0 aliphatic rings. The molecule has 1 aromatic carbocycles. The minimum absolute atomic E-state index is 0.0416. The summed E-state index contributed by atoms with van der Waals surface area (Å²) in [5.41, 5.74) is 5.14. The predicted molar refractivity (Wildman–Crippen MR) is 76.1 cm³/mol. The second kappa shape index (κ2) is 7.22. The number of esters is 1. The average molecular weight is 295 g/mol. The molecule has 0 heterocycles. The molecule has 0 spiro atoms. The van der Waals surface area contributed by atoms with Gasteiger partial charge in [-0.15, -0.1) is 0 Å². The molecule has 0 unspecified atom stereocenters. The lowest BCUT2D eigenvalue weighted by molar-refractivity contribution is -0.384. The van der Waals surface area contributed by atoms with E-state index in [2.05, 4.69) is 4.74 Å². The predicted octanol–water partition coefficient (Wildman–Crippen LogP) is 1.08. The molecule has 0 aromatic heterocycles. The van der Waals surface area contributed by atoms with E-state index in [-0.39, 0.29) is 23.5 Å². The second-order valence-electron chi connectivity index (χ2n) is 4.32. The monoisotopic (exact) mass is 295 g/mol. The fourth-order valence-corrected chi connectivity index (χ4v) is 1.87. The van der Waals surface area contributed by atoms with Crippen LogP contribution in [0.3, 0.4) is 0 Å². The summed E-state index contributed by atoms with van der Waals surface area (Å²) < 4.78 is 4.59. The molecule has 0 bridgehead atoms. The molecule has 2 N–H and O–H groups in total. The van der Waals surface area contributed by atoms with Crippen molar-refractivity contribution >= 4 is 23.3 Å². The van der Waals surface area contributed by atoms with E-state index in [0.29, 0.717) is 13.0 Å². The summed E-state index contributed by atoms with van der Waals surface area (Å²) in [5.74, 6) is -1.25. The van der Waals surface area contributed by atoms with Crippen LogP contribution >= 0.6 is 0 Å². The first kappa shape index (κ1) is 16.4. The number of primary amides is 1. The maximum Gasteiger partial charge on any atom is 0.325 e. The van der Waals surface area contributed by atoms with Crippen LogP contribution in [-0.4, -0.2) is 37.0 Å². The van der Waals surface area contributed by atoms with Gasteiger partial charge in [-0.25, -0.2) is 0 Å². The Labute approximate surface area is 121 Å². The topological polar surface area (TPSA) is 116 Å². The van der Waals surface area contributed by atoms with Crippen molar-refractivity contribution in [2.24, 2.45) is 5.73 Å². The number of ether oxygens (including phenoxy) is 1. The summed E-state index contributed by atoms with van der Waals surface area (Å²) >= 11 is 0. The van der Waals surface area contributed by atoms with Crippen molar-refractivity contribution in [1.82, 2.24) is 0 Å². The van der Waals surface area contributed by atoms with Crippen LogP contribution in [0.2, 0.25) is 0 Å². The number of carbonyl (C=O) groups is 2. The quantitative estimate of drug-likeness (QED) is 0.457. The highest BCUT2D eigenvalue weighted by Gasteiger charge is 2.22. The second-order valence-corrected chi connectivity index (χ2v) is 4.32. The van der Waals surface area contributed by atoms with Gasteiger partial charge in [0, 0.05) is 18.2 Å². The third-order valence-corrected chi connectivity index (χ3v) is 2.84. The molecule has 0 aliphatic carbocycles. The first-order chi connectivity index (χ1) is 9.90. The fourth-order valence-electron chi connectivity index (χ4n) is 1.87. The van der Waals surface area contributed by atoms with Crippen molar-refractivity contribution in [2.45, 2.75) is 13.3 Å². The van der Waals surface area contributed by atoms with Crippen LogP contribution < -0.4 is 10.6 Å². The molecule has 21 heavy (non-hydrogen) atoms. The summed E-state index contributed by atoms with van der Waals surface area (Å²) in [6, 6.07) is 3.92. The summed E-state index contributed by atoms with van der Waals surface area (Å²) in [5, 5.41) is 11.2. The van der Waals surface area contributed by atoms with Gasteiger partial charge in [0.2, 0.25) is 5.91 Å².